The first-order chi connectivity index (χ1) is 11.9. The summed E-state index contributed by atoms with van der Waals surface area (Å²) in [5, 5.41) is 13.9. The molecule has 3 N–H and O–H groups in total. The van der Waals surface area contributed by atoms with Gasteiger partial charge in [0, 0.05) is 29.4 Å². The van der Waals surface area contributed by atoms with Gasteiger partial charge in [-0.05, 0) is 23.8 Å². The number of benzene rings is 2. The summed E-state index contributed by atoms with van der Waals surface area (Å²) < 4.78 is 4.84. The molecule has 2 rings (SSSR count). The van der Waals surface area contributed by atoms with Crippen LogP contribution in [0.1, 0.15) is 15.9 Å². The number of rotatable bonds is 6. The third-order valence-electron chi connectivity index (χ3n) is 3.20. The summed E-state index contributed by atoms with van der Waals surface area (Å²) in [7, 11) is 0. The zero-order valence-electron chi connectivity index (χ0n) is 12.9. The Bertz CT molecular complexity index is 808. The molecule has 0 aliphatic carbocycles. The third kappa shape index (κ3) is 5.18. The maximum atomic E-state index is 11.9. The van der Waals surface area contributed by atoms with Crippen LogP contribution in [0.5, 0.6) is 0 Å². The molecule has 0 saturated carbocycles. The van der Waals surface area contributed by atoms with Crippen LogP contribution in [-0.4, -0.2) is 23.4 Å². The predicted octanol–water partition coefficient (Wildman–Crippen LogP) is 2.30. The number of nitrogen functional groups attached to an aromatic ring is 1. The molecule has 0 spiro atoms. The Labute approximate surface area is 147 Å². The monoisotopic (exact) mass is 363 g/mol. The van der Waals surface area contributed by atoms with E-state index in [-0.39, 0.29) is 23.5 Å². The number of non-ortho nitro benzene ring substituents is 1. The van der Waals surface area contributed by atoms with Gasteiger partial charge >= 0.3 is 5.97 Å². The summed E-state index contributed by atoms with van der Waals surface area (Å²) in [6.07, 6.45) is 0. The molecule has 0 aromatic heterocycles. The van der Waals surface area contributed by atoms with Crippen molar-refractivity contribution in [2.75, 3.05) is 12.3 Å². The minimum Gasteiger partial charge on any atom is -0.452 e. The van der Waals surface area contributed by atoms with Crippen LogP contribution in [0.15, 0.2) is 42.5 Å². The van der Waals surface area contributed by atoms with E-state index in [0.29, 0.717) is 5.02 Å². The van der Waals surface area contributed by atoms with E-state index in [1.807, 2.05) is 0 Å². The SMILES string of the molecule is Nc1ccc([N+](=O)[O-])cc1C(=O)OCC(=O)NCc1ccc(Cl)cc1. The molecule has 0 heterocycles. The molecule has 25 heavy (non-hydrogen) atoms. The van der Waals surface area contributed by atoms with Gasteiger partial charge < -0.3 is 15.8 Å². The first kappa shape index (κ1) is 18.2. The summed E-state index contributed by atoms with van der Waals surface area (Å²) in [6, 6.07) is 10.3. The number of nitrogens with two attached hydrogens (primary N) is 1. The predicted molar refractivity (Wildman–Crippen MR) is 91.1 cm³/mol. The molecule has 0 unspecified atom stereocenters. The average molecular weight is 364 g/mol. The summed E-state index contributed by atoms with van der Waals surface area (Å²) in [4.78, 5) is 33.7. The van der Waals surface area contributed by atoms with E-state index in [9.17, 15) is 19.7 Å². The van der Waals surface area contributed by atoms with E-state index in [2.05, 4.69) is 5.32 Å². The van der Waals surface area contributed by atoms with E-state index in [0.717, 1.165) is 11.6 Å². The number of nitrogens with one attached hydrogen (secondary N) is 1. The first-order valence-electron chi connectivity index (χ1n) is 7.09. The number of nitro benzene ring substituents is 1. The Balaban J connectivity index is 1.89. The summed E-state index contributed by atoms with van der Waals surface area (Å²) in [5.74, 6) is -1.44. The van der Waals surface area contributed by atoms with Gasteiger partial charge in [-0.3, -0.25) is 14.9 Å². The molecule has 9 heteroatoms. The van der Waals surface area contributed by atoms with Gasteiger partial charge in [0.05, 0.1) is 10.5 Å². The van der Waals surface area contributed by atoms with Crippen LogP contribution in [-0.2, 0) is 16.1 Å². The van der Waals surface area contributed by atoms with E-state index >= 15 is 0 Å². The van der Waals surface area contributed by atoms with Crippen molar-refractivity contribution in [1.82, 2.24) is 5.32 Å². The fourth-order valence-corrected chi connectivity index (χ4v) is 2.02. The van der Waals surface area contributed by atoms with Crippen LogP contribution in [0.25, 0.3) is 0 Å². The van der Waals surface area contributed by atoms with Gasteiger partial charge in [0.25, 0.3) is 11.6 Å². The van der Waals surface area contributed by atoms with Crippen molar-refractivity contribution in [1.29, 1.82) is 0 Å². The van der Waals surface area contributed by atoms with Gasteiger partial charge in [-0.1, -0.05) is 23.7 Å². The minimum atomic E-state index is -0.914. The molecule has 0 radical (unpaired) electrons. The lowest BCUT2D eigenvalue weighted by atomic mass is 10.1. The van der Waals surface area contributed by atoms with Crippen LogP contribution in [0.4, 0.5) is 11.4 Å². The molecular formula is C16H14ClN3O5. The van der Waals surface area contributed by atoms with E-state index in [4.69, 9.17) is 22.1 Å². The Hall–Kier alpha value is -3.13. The Morgan fingerprint density at radius 2 is 1.88 bits per heavy atom. The molecule has 2 aromatic carbocycles. The number of anilines is 1. The van der Waals surface area contributed by atoms with Gasteiger partial charge in [-0.25, -0.2) is 4.79 Å². The molecule has 0 saturated heterocycles. The molecule has 130 valence electrons. The number of ether oxygens (including phenoxy) is 1. The highest BCUT2D eigenvalue weighted by Gasteiger charge is 2.17. The number of halogens is 1. The van der Waals surface area contributed by atoms with Gasteiger partial charge in [0.2, 0.25) is 0 Å². The highest BCUT2D eigenvalue weighted by Crippen LogP contribution is 2.20. The molecule has 1 amide bonds. The van der Waals surface area contributed by atoms with Crippen molar-refractivity contribution in [2.45, 2.75) is 6.54 Å². The second-order valence-corrected chi connectivity index (χ2v) is 5.44. The highest BCUT2D eigenvalue weighted by molar-refractivity contribution is 6.30. The third-order valence-corrected chi connectivity index (χ3v) is 3.46. The summed E-state index contributed by atoms with van der Waals surface area (Å²) in [5.41, 5.74) is 6.00. The number of hydrogen-bond acceptors (Lipinski definition) is 6. The molecule has 0 fully saturated rings. The standard InChI is InChI=1S/C16H14ClN3O5/c17-11-3-1-10(2-4-11)8-19-15(21)9-25-16(22)13-7-12(20(23)24)5-6-14(13)18/h1-7H,8-9,18H2,(H,19,21). The zero-order chi connectivity index (χ0) is 18.4. The molecule has 2 aromatic rings. The fraction of sp³-hybridized carbons (Fsp3) is 0.125. The smallest absolute Gasteiger partial charge is 0.341 e. The molecule has 0 aliphatic rings. The lowest BCUT2D eigenvalue weighted by Crippen LogP contribution is -2.28. The van der Waals surface area contributed by atoms with Gasteiger partial charge in [-0.2, -0.15) is 0 Å². The number of hydrogen-bond donors (Lipinski definition) is 2. The van der Waals surface area contributed by atoms with Crippen LogP contribution in [0.3, 0.4) is 0 Å². The van der Waals surface area contributed by atoms with Crippen LogP contribution in [0.2, 0.25) is 5.02 Å². The van der Waals surface area contributed by atoms with Crippen LogP contribution < -0.4 is 11.1 Å². The Kier molecular flexibility index (Phi) is 5.91. The van der Waals surface area contributed by atoms with Crippen molar-refractivity contribution >= 4 is 34.9 Å². The molecule has 0 bridgehead atoms. The maximum Gasteiger partial charge on any atom is 0.341 e. The lowest BCUT2D eigenvalue weighted by molar-refractivity contribution is -0.384. The van der Waals surface area contributed by atoms with E-state index < -0.39 is 23.4 Å². The largest absolute Gasteiger partial charge is 0.452 e. The minimum absolute atomic E-state index is 0.0252. The van der Waals surface area contributed by atoms with E-state index in [1.165, 1.54) is 12.1 Å². The topological polar surface area (TPSA) is 125 Å². The number of nitrogens with zero attached hydrogens (tertiary/aromatic N) is 1. The normalized spacial score (nSPS) is 10.1. The molecule has 0 aliphatic heterocycles. The van der Waals surface area contributed by atoms with Crippen molar-refractivity contribution in [3.05, 3.63) is 68.7 Å². The number of esters is 1. The van der Waals surface area contributed by atoms with E-state index in [1.54, 1.807) is 24.3 Å². The summed E-state index contributed by atoms with van der Waals surface area (Å²) in [6.45, 7) is -0.291. The zero-order valence-corrected chi connectivity index (χ0v) is 13.7. The van der Waals surface area contributed by atoms with Crippen LogP contribution in [0, 0.1) is 10.1 Å². The molecular weight excluding hydrogens is 350 g/mol. The van der Waals surface area contributed by atoms with Crippen LogP contribution >= 0.6 is 11.6 Å². The van der Waals surface area contributed by atoms with Gasteiger partial charge in [0.1, 0.15) is 0 Å². The van der Waals surface area contributed by atoms with Gasteiger partial charge in [-0.15, -0.1) is 0 Å². The maximum absolute atomic E-state index is 11.9. The second-order valence-electron chi connectivity index (χ2n) is 5.01. The fourth-order valence-electron chi connectivity index (χ4n) is 1.90. The molecule has 0 atom stereocenters. The number of carbonyl (C=O) groups is 2. The van der Waals surface area contributed by atoms with Crippen molar-refractivity contribution in [2.24, 2.45) is 0 Å². The molecule has 8 nitrogen and oxygen atoms in total. The van der Waals surface area contributed by atoms with Crippen molar-refractivity contribution < 1.29 is 19.2 Å². The lowest BCUT2D eigenvalue weighted by Gasteiger charge is -2.08. The highest BCUT2D eigenvalue weighted by atomic mass is 35.5. The van der Waals surface area contributed by atoms with Crippen molar-refractivity contribution in [3.8, 4) is 0 Å². The van der Waals surface area contributed by atoms with Crippen molar-refractivity contribution in [3.63, 3.8) is 0 Å². The number of carbonyl (C=O) groups excluding carboxylic acids is 2. The second kappa shape index (κ2) is 8.11. The Morgan fingerprint density at radius 3 is 2.52 bits per heavy atom. The first-order valence-corrected chi connectivity index (χ1v) is 7.47. The quantitative estimate of drug-likeness (QED) is 0.351. The summed E-state index contributed by atoms with van der Waals surface area (Å²) >= 11 is 5.76. The average Bonchev–Trinajstić information content (AvgIpc) is 2.59. The Morgan fingerprint density at radius 1 is 1.20 bits per heavy atom. The number of nitro groups is 1. The van der Waals surface area contributed by atoms with Gasteiger partial charge in [0.15, 0.2) is 6.61 Å². The number of amides is 1.